The molecule has 1 rings (SSSR count). The summed E-state index contributed by atoms with van der Waals surface area (Å²) in [6.07, 6.45) is -4.38. The molecule has 0 saturated carbocycles. The number of alkyl halides is 3. The Bertz CT molecular complexity index is 522. The molecule has 118 valence electrons. The van der Waals surface area contributed by atoms with E-state index >= 15 is 0 Å². The van der Waals surface area contributed by atoms with E-state index in [1.807, 2.05) is 0 Å². The second-order valence-electron chi connectivity index (χ2n) is 6.11. The van der Waals surface area contributed by atoms with Gasteiger partial charge >= 0.3 is 12.1 Å². The highest BCUT2D eigenvalue weighted by Gasteiger charge is 2.43. The molecule has 2 N–H and O–H groups in total. The minimum absolute atomic E-state index is 0.160. The van der Waals surface area contributed by atoms with Gasteiger partial charge in [0.15, 0.2) is 0 Å². The van der Waals surface area contributed by atoms with Gasteiger partial charge in [-0.15, -0.1) is 0 Å². The van der Waals surface area contributed by atoms with Crippen molar-refractivity contribution in [3.63, 3.8) is 0 Å². The second-order valence-corrected chi connectivity index (χ2v) is 6.11. The van der Waals surface area contributed by atoms with Crippen LogP contribution in [0, 0.1) is 5.41 Å². The van der Waals surface area contributed by atoms with Crippen LogP contribution in [-0.2, 0) is 17.5 Å². The molecule has 3 nitrogen and oxygen atoms in total. The van der Waals surface area contributed by atoms with Crippen LogP contribution >= 0.6 is 0 Å². The number of halogens is 3. The van der Waals surface area contributed by atoms with E-state index in [9.17, 15) is 23.1 Å². The lowest BCUT2D eigenvalue weighted by Crippen LogP contribution is -2.54. The van der Waals surface area contributed by atoms with E-state index in [2.05, 4.69) is 5.32 Å². The van der Waals surface area contributed by atoms with Gasteiger partial charge in [0.2, 0.25) is 0 Å². The van der Waals surface area contributed by atoms with Gasteiger partial charge in [-0.1, -0.05) is 18.2 Å². The molecule has 0 aromatic heterocycles. The molecule has 0 radical (unpaired) electrons. The molecule has 0 aliphatic heterocycles. The maximum Gasteiger partial charge on any atom is 0.416 e. The number of hydrogen-bond acceptors (Lipinski definition) is 2. The Morgan fingerprint density at radius 2 is 1.76 bits per heavy atom. The summed E-state index contributed by atoms with van der Waals surface area (Å²) in [6.45, 7) is 6.75. The van der Waals surface area contributed by atoms with Gasteiger partial charge in [0, 0.05) is 12.1 Å². The zero-order chi connectivity index (χ0) is 16.5. The number of carboxylic acid groups (broad SMARTS) is 1. The first-order valence-electron chi connectivity index (χ1n) is 6.52. The van der Waals surface area contributed by atoms with Crippen molar-refractivity contribution in [2.45, 2.75) is 46.0 Å². The van der Waals surface area contributed by atoms with Crippen LogP contribution in [0.1, 0.15) is 38.8 Å². The molecule has 0 fully saturated rings. The highest BCUT2D eigenvalue weighted by Crippen LogP contribution is 2.32. The first-order chi connectivity index (χ1) is 9.38. The Hall–Kier alpha value is -1.56. The fourth-order valence-electron chi connectivity index (χ4n) is 1.67. The molecular weight excluding hydrogens is 283 g/mol. The Kier molecular flexibility index (Phi) is 4.73. The van der Waals surface area contributed by atoms with Crippen molar-refractivity contribution in [3.8, 4) is 0 Å². The van der Waals surface area contributed by atoms with Gasteiger partial charge in [0.05, 0.1) is 11.0 Å². The highest BCUT2D eigenvalue weighted by molar-refractivity contribution is 5.75. The number of nitrogens with one attached hydrogen (secondary N) is 1. The lowest BCUT2D eigenvalue weighted by Gasteiger charge is -2.39. The molecule has 0 aliphatic rings. The maximum absolute atomic E-state index is 12.6. The van der Waals surface area contributed by atoms with Crippen molar-refractivity contribution in [2.24, 2.45) is 5.41 Å². The van der Waals surface area contributed by atoms with Crippen molar-refractivity contribution in [1.82, 2.24) is 5.32 Å². The third kappa shape index (κ3) is 3.97. The summed E-state index contributed by atoms with van der Waals surface area (Å²) in [7, 11) is 0. The number of carbonyl (C=O) groups is 1. The molecule has 21 heavy (non-hydrogen) atoms. The molecule has 0 heterocycles. The third-order valence-corrected chi connectivity index (χ3v) is 4.09. The number of carboxylic acids is 1. The lowest BCUT2D eigenvalue weighted by molar-refractivity contribution is -0.151. The summed E-state index contributed by atoms with van der Waals surface area (Å²) in [6, 6.07) is 4.99. The molecule has 0 saturated heterocycles. The fraction of sp³-hybridized carbons (Fsp3) is 0.533. The molecule has 1 aromatic carbocycles. The van der Waals surface area contributed by atoms with Gasteiger partial charge in [0.1, 0.15) is 0 Å². The zero-order valence-corrected chi connectivity index (χ0v) is 12.5. The van der Waals surface area contributed by atoms with E-state index in [4.69, 9.17) is 0 Å². The monoisotopic (exact) mass is 303 g/mol. The topological polar surface area (TPSA) is 49.3 Å². The molecule has 0 aliphatic carbocycles. The van der Waals surface area contributed by atoms with Gasteiger partial charge in [-0.3, -0.25) is 4.79 Å². The molecule has 6 heteroatoms. The summed E-state index contributed by atoms with van der Waals surface area (Å²) in [5.41, 5.74) is -2.10. The minimum Gasteiger partial charge on any atom is -0.481 e. The zero-order valence-electron chi connectivity index (χ0n) is 12.5. The summed E-state index contributed by atoms with van der Waals surface area (Å²) < 4.78 is 37.9. The normalized spacial score (nSPS) is 13.3. The van der Waals surface area contributed by atoms with Crippen LogP contribution in [0.3, 0.4) is 0 Å². The summed E-state index contributed by atoms with van der Waals surface area (Å²) in [5.74, 6) is -0.968. The van der Waals surface area contributed by atoms with Crippen LogP contribution in [0.25, 0.3) is 0 Å². The van der Waals surface area contributed by atoms with E-state index in [-0.39, 0.29) is 6.54 Å². The molecule has 0 bridgehead atoms. The van der Waals surface area contributed by atoms with Crippen LogP contribution in [0.15, 0.2) is 24.3 Å². The molecular formula is C15H20F3NO2. The van der Waals surface area contributed by atoms with Crippen molar-refractivity contribution in [3.05, 3.63) is 35.4 Å². The molecule has 0 amide bonds. The Morgan fingerprint density at radius 3 is 2.24 bits per heavy atom. The number of aliphatic carboxylic acids is 1. The minimum atomic E-state index is -4.38. The SMILES string of the molecule is CC(C)(NCc1cccc(C(F)(F)F)c1)C(C)(C)C(=O)O. The summed E-state index contributed by atoms with van der Waals surface area (Å²) in [5, 5.41) is 12.3. The quantitative estimate of drug-likeness (QED) is 0.872. The van der Waals surface area contributed by atoms with Gasteiger partial charge in [-0.2, -0.15) is 13.2 Å². The van der Waals surface area contributed by atoms with Gasteiger partial charge in [0.25, 0.3) is 0 Å². The predicted octanol–water partition coefficient (Wildman–Crippen LogP) is 3.68. The van der Waals surface area contributed by atoms with E-state index in [1.165, 1.54) is 6.07 Å². The van der Waals surface area contributed by atoms with Crippen LogP contribution < -0.4 is 5.32 Å². The average Bonchev–Trinajstić information content (AvgIpc) is 2.35. The van der Waals surface area contributed by atoms with Crippen LogP contribution in [0.5, 0.6) is 0 Å². The van der Waals surface area contributed by atoms with E-state index in [1.54, 1.807) is 33.8 Å². The van der Waals surface area contributed by atoms with Crippen molar-refractivity contribution in [2.75, 3.05) is 0 Å². The van der Waals surface area contributed by atoms with Crippen molar-refractivity contribution < 1.29 is 23.1 Å². The third-order valence-electron chi connectivity index (χ3n) is 4.09. The first-order valence-corrected chi connectivity index (χ1v) is 6.52. The largest absolute Gasteiger partial charge is 0.481 e. The second kappa shape index (κ2) is 5.67. The maximum atomic E-state index is 12.6. The molecule has 0 atom stereocenters. The smallest absolute Gasteiger partial charge is 0.416 e. The van der Waals surface area contributed by atoms with Gasteiger partial charge < -0.3 is 10.4 Å². The van der Waals surface area contributed by atoms with Gasteiger partial charge in [-0.05, 0) is 39.3 Å². The first kappa shape index (κ1) is 17.5. The van der Waals surface area contributed by atoms with Gasteiger partial charge in [-0.25, -0.2) is 0 Å². The predicted molar refractivity (Wildman–Crippen MR) is 73.8 cm³/mol. The molecule has 1 aromatic rings. The highest BCUT2D eigenvalue weighted by atomic mass is 19.4. The van der Waals surface area contributed by atoms with E-state index < -0.39 is 28.7 Å². The van der Waals surface area contributed by atoms with E-state index in [0.29, 0.717) is 5.56 Å². The Morgan fingerprint density at radius 1 is 1.19 bits per heavy atom. The van der Waals surface area contributed by atoms with Crippen molar-refractivity contribution >= 4 is 5.97 Å². The van der Waals surface area contributed by atoms with Crippen LogP contribution in [0.2, 0.25) is 0 Å². The number of hydrogen-bond donors (Lipinski definition) is 2. The molecule has 0 spiro atoms. The standard InChI is InChI=1S/C15H20F3NO2/c1-13(2,12(20)21)14(3,4)19-9-10-6-5-7-11(8-10)15(16,17)18/h5-8,19H,9H2,1-4H3,(H,20,21). The summed E-state index contributed by atoms with van der Waals surface area (Å²) in [4.78, 5) is 11.3. The van der Waals surface area contributed by atoms with Crippen LogP contribution in [0.4, 0.5) is 13.2 Å². The average molecular weight is 303 g/mol. The lowest BCUT2D eigenvalue weighted by atomic mass is 9.74. The summed E-state index contributed by atoms with van der Waals surface area (Å²) >= 11 is 0. The van der Waals surface area contributed by atoms with Crippen molar-refractivity contribution in [1.29, 1.82) is 0 Å². The Balaban J connectivity index is 2.87. The van der Waals surface area contributed by atoms with Crippen LogP contribution in [-0.4, -0.2) is 16.6 Å². The Labute approximate surface area is 122 Å². The fourth-order valence-corrected chi connectivity index (χ4v) is 1.67. The molecule has 0 unspecified atom stereocenters. The van der Waals surface area contributed by atoms with E-state index in [0.717, 1.165) is 12.1 Å². The number of rotatable bonds is 5. The number of benzene rings is 1.